The third-order valence-electron chi connectivity index (χ3n) is 7.01. The lowest BCUT2D eigenvalue weighted by Crippen LogP contribution is -2.39. The third kappa shape index (κ3) is 8.02. The van der Waals surface area contributed by atoms with Gasteiger partial charge in [0.25, 0.3) is 10.0 Å². The van der Waals surface area contributed by atoms with Crippen molar-refractivity contribution in [2.75, 3.05) is 31.2 Å². The molecule has 2 aromatic carbocycles. The number of carbonyl (C=O) groups is 1. The predicted molar refractivity (Wildman–Crippen MR) is 151 cm³/mol. The number of hydrogen-bond donors (Lipinski definition) is 2. The molecule has 39 heavy (non-hydrogen) atoms. The Bertz CT molecular complexity index is 1190. The Balaban J connectivity index is 1.63. The number of benzene rings is 2. The number of ether oxygens (including phenoxy) is 3. The third-order valence-corrected chi connectivity index (χ3v) is 8.81. The highest BCUT2D eigenvalue weighted by atomic mass is 32.2. The lowest BCUT2D eigenvalue weighted by Gasteiger charge is -2.27. The fourth-order valence-corrected chi connectivity index (χ4v) is 6.26. The van der Waals surface area contributed by atoms with E-state index in [-0.39, 0.29) is 47.0 Å². The fraction of sp³-hybridized carbons (Fsp3) is 0.552. The normalized spacial score (nSPS) is 18.1. The van der Waals surface area contributed by atoms with Crippen LogP contribution in [-0.4, -0.2) is 58.1 Å². The van der Waals surface area contributed by atoms with Crippen LogP contribution in [-0.2, 0) is 25.9 Å². The van der Waals surface area contributed by atoms with Gasteiger partial charge < -0.3 is 24.6 Å². The van der Waals surface area contributed by atoms with Crippen molar-refractivity contribution in [3.05, 3.63) is 48.0 Å². The van der Waals surface area contributed by atoms with Crippen molar-refractivity contribution in [2.45, 2.75) is 76.3 Å². The maximum absolute atomic E-state index is 13.5. The van der Waals surface area contributed by atoms with E-state index in [0.29, 0.717) is 25.2 Å². The summed E-state index contributed by atoms with van der Waals surface area (Å²) < 4.78 is 44.6. The first-order chi connectivity index (χ1) is 18.5. The SMILES string of the molecule is CC[C@@]1(COC(=O)NC(C)CCc2ccc(N(CC(C)C)S(=O)(=O)c3ccc(OC)cc3)c(O)c2)CCCO1. The number of aromatic hydroxyl groups is 1. The van der Waals surface area contributed by atoms with Crippen LogP contribution in [0.3, 0.4) is 0 Å². The highest BCUT2D eigenvalue weighted by molar-refractivity contribution is 7.92. The summed E-state index contributed by atoms with van der Waals surface area (Å²) in [5, 5.41) is 13.7. The Kier molecular flexibility index (Phi) is 10.5. The van der Waals surface area contributed by atoms with E-state index in [1.54, 1.807) is 30.3 Å². The molecule has 216 valence electrons. The van der Waals surface area contributed by atoms with Gasteiger partial charge in [-0.15, -0.1) is 0 Å². The first-order valence-corrected chi connectivity index (χ1v) is 15.0. The Morgan fingerprint density at radius 3 is 2.46 bits per heavy atom. The van der Waals surface area contributed by atoms with E-state index in [1.165, 1.54) is 23.5 Å². The van der Waals surface area contributed by atoms with Crippen molar-refractivity contribution in [1.29, 1.82) is 0 Å². The van der Waals surface area contributed by atoms with Crippen LogP contribution in [0, 0.1) is 5.92 Å². The molecule has 1 heterocycles. The molecule has 2 N–H and O–H groups in total. The van der Waals surface area contributed by atoms with Gasteiger partial charge in [-0.1, -0.05) is 26.8 Å². The smallest absolute Gasteiger partial charge is 0.407 e. The minimum absolute atomic E-state index is 0.0243. The predicted octanol–water partition coefficient (Wildman–Crippen LogP) is 5.26. The second kappa shape index (κ2) is 13.4. The van der Waals surface area contributed by atoms with Gasteiger partial charge in [0, 0.05) is 19.2 Å². The number of anilines is 1. The number of methoxy groups -OCH3 is 1. The largest absolute Gasteiger partial charge is 0.506 e. The Hall–Kier alpha value is -2.98. The average Bonchev–Trinajstić information content (AvgIpc) is 3.39. The number of carbonyl (C=O) groups excluding carboxylic acids is 1. The Morgan fingerprint density at radius 2 is 1.90 bits per heavy atom. The summed E-state index contributed by atoms with van der Waals surface area (Å²) in [6.07, 6.45) is 3.38. The number of nitrogens with zero attached hydrogens (tertiary/aromatic N) is 1. The van der Waals surface area contributed by atoms with E-state index in [0.717, 1.165) is 24.8 Å². The summed E-state index contributed by atoms with van der Waals surface area (Å²) in [6.45, 7) is 8.91. The standard InChI is InChI=1S/C29H42N2O7S/c1-6-29(16-7-17-38-29)20-37-28(33)30-22(4)8-9-23-10-15-26(27(32)18-23)31(19-21(2)3)39(34,35)25-13-11-24(36-5)12-14-25/h10-15,18,21-22,32H,6-9,16-17,19-20H2,1-5H3,(H,30,33)/t22?,29-/m0/s1. The van der Waals surface area contributed by atoms with Gasteiger partial charge in [-0.25, -0.2) is 13.2 Å². The minimum atomic E-state index is -3.92. The number of rotatable bonds is 13. The highest BCUT2D eigenvalue weighted by Gasteiger charge is 2.35. The molecule has 10 heteroatoms. The summed E-state index contributed by atoms with van der Waals surface area (Å²) >= 11 is 0. The van der Waals surface area contributed by atoms with Crippen molar-refractivity contribution >= 4 is 21.8 Å². The van der Waals surface area contributed by atoms with E-state index in [1.807, 2.05) is 27.7 Å². The molecule has 3 rings (SSSR count). The Labute approximate surface area is 232 Å². The minimum Gasteiger partial charge on any atom is -0.506 e. The first-order valence-electron chi connectivity index (χ1n) is 13.6. The lowest BCUT2D eigenvalue weighted by molar-refractivity contribution is -0.0456. The highest BCUT2D eigenvalue weighted by Crippen LogP contribution is 2.34. The van der Waals surface area contributed by atoms with Crippen molar-refractivity contribution < 1.29 is 32.5 Å². The van der Waals surface area contributed by atoms with Crippen molar-refractivity contribution in [3.63, 3.8) is 0 Å². The molecule has 0 spiro atoms. The summed E-state index contributed by atoms with van der Waals surface area (Å²) in [4.78, 5) is 12.4. The van der Waals surface area contributed by atoms with Gasteiger partial charge >= 0.3 is 6.09 Å². The van der Waals surface area contributed by atoms with E-state index < -0.39 is 16.1 Å². The van der Waals surface area contributed by atoms with Crippen LogP contribution < -0.4 is 14.4 Å². The lowest BCUT2D eigenvalue weighted by atomic mass is 9.98. The molecule has 2 aromatic rings. The van der Waals surface area contributed by atoms with Crippen molar-refractivity contribution in [1.82, 2.24) is 5.32 Å². The molecule has 0 saturated carbocycles. The number of aryl methyl sites for hydroxylation is 1. The number of amides is 1. The number of phenolic OH excluding ortho intramolecular Hbond substituents is 1. The van der Waals surface area contributed by atoms with Gasteiger partial charge in [-0.3, -0.25) is 4.31 Å². The molecule has 1 aliphatic heterocycles. The van der Waals surface area contributed by atoms with E-state index in [9.17, 15) is 18.3 Å². The number of sulfonamides is 1. The molecule has 1 saturated heterocycles. The first kappa shape index (κ1) is 30.6. The quantitative estimate of drug-likeness (QED) is 0.342. The van der Waals surface area contributed by atoms with Gasteiger partial charge in [0.2, 0.25) is 0 Å². The monoisotopic (exact) mass is 562 g/mol. The topological polar surface area (TPSA) is 114 Å². The zero-order valence-electron chi connectivity index (χ0n) is 23.6. The van der Waals surface area contributed by atoms with Crippen LogP contribution in [0.4, 0.5) is 10.5 Å². The molecule has 2 atom stereocenters. The number of hydrogen-bond acceptors (Lipinski definition) is 7. The van der Waals surface area contributed by atoms with E-state index in [4.69, 9.17) is 14.2 Å². The molecule has 1 fully saturated rings. The van der Waals surface area contributed by atoms with Gasteiger partial charge in [0.05, 0.1) is 17.7 Å². The molecule has 1 aliphatic rings. The summed E-state index contributed by atoms with van der Waals surface area (Å²) in [6, 6.07) is 11.0. The zero-order chi connectivity index (χ0) is 28.6. The summed E-state index contributed by atoms with van der Waals surface area (Å²) in [5.41, 5.74) is 0.676. The van der Waals surface area contributed by atoms with Crippen molar-refractivity contribution in [2.24, 2.45) is 5.92 Å². The van der Waals surface area contributed by atoms with E-state index in [2.05, 4.69) is 5.32 Å². The molecule has 0 aromatic heterocycles. The Morgan fingerprint density at radius 1 is 1.18 bits per heavy atom. The van der Waals surface area contributed by atoms with Crippen LogP contribution in [0.25, 0.3) is 0 Å². The van der Waals surface area contributed by atoms with Crippen molar-refractivity contribution in [3.8, 4) is 11.5 Å². The van der Waals surface area contributed by atoms with Crippen LogP contribution in [0.1, 0.15) is 58.9 Å². The van der Waals surface area contributed by atoms with Crippen LogP contribution >= 0.6 is 0 Å². The van der Waals surface area contributed by atoms with Gasteiger partial charge in [0.1, 0.15) is 23.7 Å². The molecule has 0 radical (unpaired) electrons. The number of phenols is 1. The van der Waals surface area contributed by atoms with Gasteiger partial charge in [-0.05, 0) is 86.9 Å². The summed E-state index contributed by atoms with van der Waals surface area (Å²) in [7, 11) is -2.40. The fourth-order valence-electron chi connectivity index (χ4n) is 4.61. The van der Waals surface area contributed by atoms with E-state index >= 15 is 0 Å². The second-order valence-corrected chi connectivity index (χ2v) is 12.4. The van der Waals surface area contributed by atoms with Gasteiger partial charge in [0.15, 0.2) is 0 Å². The summed E-state index contributed by atoms with van der Waals surface area (Å²) in [5.74, 6) is 0.462. The van der Waals surface area contributed by atoms with Gasteiger partial charge in [-0.2, -0.15) is 0 Å². The average molecular weight is 563 g/mol. The maximum Gasteiger partial charge on any atom is 0.407 e. The molecule has 9 nitrogen and oxygen atoms in total. The molecule has 0 aliphatic carbocycles. The number of nitrogens with one attached hydrogen (secondary N) is 1. The molecule has 0 bridgehead atoms. The zero-order valence-corrected chi connectivity index (χ0v) is 24.4. The second-order valence-electron chi connectivity index (χ2n) is 10.6. The molecule has 1 amide bonds. The maximum atomic E-state index is 13.5. The number of alkyl carbamates (subject to hydrolysis) is 1. The molecular weight excluding hydrogens is 520 g/mol. The van der Waals surface area contributed by atoms with Crippen LogP contribution in [0.2, 0.25) is 0 Å². The molecular formula is C29H42N2O7S. The van der Waals surface area contributed by atoms with Crippen LogP contribution in [0.5, 0.6) is 11.5 Å². The molecule has 1 unspecified atom stereocenters. The van der Waals surface area contributed by atoms with Crippen LogP contribution in [0.15, 0.2) is 47.4 Å².